The van der Waals surface area contributed by atoms with Crippen LogP contribution < -0.4 is 10.6 Å². The largest absolute Gasteiger partial charge is 0.381 e. The number of ether oxygens (including phenoxy) is 2. The molecule has 0 aromatic carbocycles. The molecule has 168 valence electrons. The molecule has 0 amide bonds. The molecule has 3 aliphatic rings. The van der Waals surface area contributed by atoms with Gasteiger partial charge in [0, 0.05) is 38.4 Å². The van der Waals surface area contributed by atoms with Gasteiger partial charge in [-0.25, -0.2) is 0 Å². The Morgan fingerprint density at radius 3 is 2.48 bits per heavy atom. The highest BCUT2D eigenvalue weighted by Crippen LogP contribution is 2.35. The Bertz CT molecular complexity index is 467. The molecular weight excluding hydrogens is 364 g/mol. The van der Waals surface area contributed by atoms with Crippen LogP contribution in [0.25, 0.3) is 0 Å². The highest BCUT2D eigenvalue weighted by atomic mass is 16.5. The maximum Gasteiger partial charge on any atom is 0.191 e. The Kier molecular flexibility index (Phi) is 10.0. The van der Waals surface area contributed by atoms with Crippen molar-refractivity contribution in [2.75, 3.05) is 52.5 Å². The summed E-state index contributed by atoms with van der Waals surface area (Å²) in [7, 11) is 0. The lowest BCUT2D eigenvalue weighted by Crippen LogP contribution is -2.54. The van der Waals surface area contributed by atoms with Gasteiger partial charge < -0.3 is 20.1 Å². The molecule has 6 heteroatoms. The number of hydrogen-bond acceptors (Lipinski definition) is 4. The highest BCUT2D eigenvalue weighted by Gasteiger charge is 2.38. The van der Waals surface area contributed by atoms with Gasteiger partial charge in [-0.15, -0.1) is 0 Å². The van der Waals surface area contributed by atoms with Gasteiger partial charge in [-0.2, -0.15) is 0 Å². The fourth-order valence-corrected chi connectivity index (χ4v) is 5.09. The van der Waals surface area contributed by atoms with Crippen LogP contribution in [0.3, 0.4) is 0 Å². The number of nitrogens with zero attached hydrogens (tertiary/aromatic N) is 2. The van der Waals surface area contributed by atoms with E-state index in [9.17, 15) is 0 Å². The monoisotopic (exact) mass is 408 g/mol. The van der Waals surface area contributed by atoms with E-state index < -0.39 is 0 Å². The van der Waals surface area contributed by atoms with Crippen LogP contribution in [0.1, 0.15) is 77.6 Å². The number of hydrogen-bond donors (Lipinski definition) is 2. The summed E-state index contributed by atoms with van der Waals surface area (Å²) >= 11 is 0. The smallest absolute Gasteiger partial charge is 0.191 e. The molecule has 2 N–H and O–H groups in total. The summed E-state index contributed by atoms with van der Waals surface area (Å²) in [6.45, 7) is 9.93. The fourth-order valence-electron chi connectivity index (χ4n) is 5.09. The lowest BCUT2D eigenvalue weighted by molar-refractivity contribution is -0.0320. The van der Waals surface area contributed by atoms with Crippen molar-refractivity contribution < 1.29 is 9.47 Å². The molecule has 0 spiro atoms. The Morgan fingerprint density at radius 1 is 1.03 bits per heavy atom. The van der Waals surface area contributed by atoms with E-state index in [0.29, 0.717) is 11.6 Å². The number of nitrogens with one attached hydrogen (secondary N) is 2. The van der Waals surface area contributed by atoms with Gasteiger partial charge in [0.2, 0.25) is 0 Å². The summed E-state index contributed by atoms with van der Waals surface area (Å²) in [5.74, 6) is 0.973. The summed E-state index contributed by atoms with van der Waals surface area (Å²) in [4.78, 5) is 7.85. The van der Waals surface area contributed by atoms with Crippen molar-refractivity contribution in [3.05, 3.63) is 0 Å². The van der Waals surface area contributed by atoms with E-state index >= 15 is 0 Å². The molecule has 0 atom stereocenters. The van der Waals surface area contributed by atoms with Crippen molar-refractivity contribution in [1.82, 2.24) is 15.5 Å². The molecule has 0 aromatic rings. The van der Waals surface area contributed by atoms with Crippen molar-refractivity contribution in [2.24, 2.45) is 4.99 Å². The molecule has 29 heavy (non-hydrogen) atoms. The third-order valence-corrected chi connectivity index (χ3v) is 6.82. The van der Waals surface area contributed by atoms with Gasteiger partial charge in [-0.05, 0) is 65.0 Å². The Hall–Kier alpha value is -0.850. The van der Waals surface area contributed by atoms with Crippen molar-refractivity contribution >= 4 is 5.96 Å². The van der Waals surface area contributed by atoms with E-state index in [1.165, 1.54) is 64.5 Å². The van der Waals surface area contributed by atoms with Gasteiger partial charge in [0.1, 0.15) is 0 Å². The zero-order valence-electron chi connectivity index (χ0n) is 18.7. The second-order valence-corrected chi connectivity index (χ2v) is 8.99. The summed E-state index contributed by atoms with van der Waals surface area (Å²) in [5.41, 5.74) is 0.299. The van der Waals surface area contributed by atoms with Crippen molar-refractivity contribution in [3.8, 4) is 0 Å². The first kappa shape index (κ1) is 22.8. The molecule has 2 aliphatic heterocycles. The molecule has 1 aliphatic carbocycles. The molecule has 2 heterocycles. The quantitative estimate of drug-likeness (QED) is 0.348. The molecule has 1 saturated carbocycles. The minimum absolute atomic E-state index is 0.299. The molecule has 0 unspecified atom stereocenters. The highest BCUT2D eigenvalue weighted by molar-refractivity contribution is 5.79. The minimum atomic E-state index is 0.299. The Labute approximate surface area is 178 Å². The minimum Gasteiger partial charge on any atom is -0.381 e. The summed E-state index contributed by atoms with van der Waals surface area (Å²) < 4.78 is 11.4. The first-order chi connectivity index (χ1) is 14.3. The van der Waals surface area contributed by atoms with Gasteiger partial charge in [-0.1, -0.05) is 25.7 Å². The summed E-state index contributed by atoms with van der Waals surface area (Å²) in [6, 6.07) is 0. The normalized spacial score (nSPS) is 24.4. The number of rotatable bonds is 9. The predicted molar refractivity (Wildman–Crippen MR) is 120 cm³/mol. The van der Waals surface area contributed by atoms with Crippen LogP contribution in [0.2, 0.25) is 0 Å². The van der Waals surface area contributed by atoms with E-state index in [1.54, 1.807) is 0 Å². The van der Waals surface area contributed by atoms with Crippen molar-refractivity contribution in [1.29, 1.82) is 0 Å². The molecule has 3 rings (SSSR count). The van der Waals surface area contributed by atoms with Crippen molar-refractivity contribution in [3.63, 3.8) is 0 Å². The van der Waals surface area contributed by atoms with Crippen LogP contribution >= 0.6 is 0 Å². The van der Waals surface area contributed by atoms with Gasteiger partial charge in [0.25, 0.3) is 0 Å². The number of likely N-dealkylation sites (tertiary alicyclic amines) is 1. The van der Waals surface area contributed by atoms with Gasteiger partial charge in [-0.3, -0.25) is 9.89 Å². The van der Waals surface area contributed by atoms with E-state index in [-0.39, 0.29) is 0 Å². The van der Waals surface area contributed by atoms with Gasteiger partial charge in [0.05, 0.1) is 12.6 Å². The number of guanidine groups is 1. The van der Waals surface area contributed by atoms with Crippen LogP contribution in [-0.2, 0) is 9.47 Å². The van der Waals surface area contributed by atoms with E-state index in [2.05, 4.69) is 22.5 Å². The number of piperidine rings is 1. The zero-order chi connectivity index (χ0) is 20.2. The van der Waals surface area contributed by atoms with Crippen LogP contribution in [0, 0.1) is 0 Å². The van der Waals surface area contributed by atoms with Crippen LogP contribution in [0.5, 0.6) is 0 Å². The van der Waals surface area contributed by atoms with Crippen molar-refractivity contribution in [2.45, 2.75) is 89.2 Å². The first-order valence-electron chi connectivity index (χ1n) is 12.3. The lowest BCUT2D eigenvalue weighted by atomic mass is 9.79. The Morgan fingerprint density at radius 2 is 1.76 bits per heavy atom. The summed E-state index contributed by atoms with van der Waals surface area (Å²) in [6.07, 6.45) is 14.3. The molecule has 3 fully saturated rings. The van der Waals surface area contributed by atoms with Gasteiger partial charge >= 0.3 is 0 Å². The van der Waals surface area contributed by atoms with Crippen LogP contribution in [0.4, 0.5) is 0 Å². The Balaban J connectivity index is 1.45. The first-order valence-corrected chi connectivity index (χ1v) is 12.3. The van der Waals surface area contributed by atoms with E-state index in [0.717, 1.165) is 64.7 Å². The van der Waals surface area contributed by atoms with E-state index in [1.807, 2.05) is 0 Å². The molecule has 0 aromatic heterocycles. The summed E-state index contributed by atoms with van der Waals surface area (Å²) in [5, 5.41) is 6.98. The lowest BCUT2D eigenvalue weighted by Gasteiger charge is -2.47. The predicted octanol–water partition coefficient (Wildman–Crippen LogP) is 3.32. The maximum atomic E-state index is 5.99. The topological polar surface area (TPSA) is 58.1 Å². The zero-order valence-corrected chi connectivity index (χ0v) is 18.7. The second kappa shape index (κ2) is 12.8. The average molecular weight is 409 g/mol. The van der Waals surface area contributed by atoms with E-state index in [4.69, 9.17) is 14.5 Å². The average Bonchev–Trinajstić information content (AvgIpc) is 2.79. The third kappa shape index (κ3) is 7.41. The third-order valence-electron chi connectivity index (χ3n) is 6.82. The standard InChI is InChI=1S/C23H44N4O2/c1-2-24-22(25-14-9-17-29-21-10-18-28-19-11-21)26-20-23(12-5-3-6-13-23)27-15-7-4-8-16-27/h21H,2-20H2,1H3,(H2,24,25,26). The fraction of sp³-hybridized carbons (Fsp3) is 0.957. The number of aliphatic imine (C=N–C) groups is 1. The SMILES string of the molecule is CCNC(=NCC1(N2CCCCC2)CCCCC1)NCCCOC1CCOCC1. The molecular formula is C23H44N4O2. The second-order valence-electron chi connectivity index (χ2n) is 8.99. The molecule has 6 nitrogen and oxygen atoms in total. The molecule has 0 bridgehead atoms. The van der Waals surface area contributed by atoms with Gasteiger partial charge in [0.15, 0.2) is 5.96 Å². The maximum absolute atomic E-state index is 5.99. The molecule has 0 radical (unpaired) electrons. The van der Waals surface area contributed by atoms with Crippen LogP contribution in [-0.4, -0.2) is 75.0 Å². The van der Waals surface area contributed by atoms with Crippen LogP contribution in [0.15, 0.2) is 4.99 Å². The molecule has 2 saturated heterocycles.